The van der Waals surface area contributed by atoms with Crippen LogP contribution in [-0.4, -0.2) is 13.9 Å². The van der Waals surface area contributed by atoms with Gasteiger partial charge in [-0.1, -0.05) is 33.9 Å². The third-order valence-corrected chi connectivity index (χ3v) is 11.0. The van der Waals surface area contributed by atoms with E-state index in [0.29, 0.717) is 10.8 Å². The smallest absolute Gasteiger partial charge is 0.132 e. The second-order valence-electron chi connectivity index (χ2n) is 6.28. The van der Waals surface area contributed by atoms with Crippen LogP contribution in [-0.2, 0) is 4.79 Å². The minimum atomic E-state index is -1.19. The number of carbonyl (C=O) groups excluding carboxylic acids is 1. The molecule has 1 aliphatic carbocycles. The monoisotopic (exact) mass is 212 g/mol. The molecule has 1 rings (SSSR count). The van der Waals surface area contributed by atoms with Crippen molar-refractivity contribution >= 4 is 13.9 Å². The summed E-state index contributed by atoms with van der Waals surface area (Å²) in [7, 11) is -1.19. The number of hydrogen-bond donors (Lipinski definition) is 0. The summed E-state index contributed by atoms with van der Waals surface area (Å²) in [6, 6.07) is 0. The van der Waals surface area contributed by atoms with Crippen molar-refractivity contribution in [1.29, 1.82) is 0 Å². The van der Waals surface area contributed by atoms with Crippen LogP contribution in [0.25, 0.3) is 0 Å². The van der Waals surface area contributed by atoms with Gasteiger partial charge in [-0.2, -0.15) is 0 Å². The lowest BCUT2D eigenvalue weighted by Gasteiger charge is -2.44. The summed E-state index contributed by atoms with van der Waals surface area (Å²) >= 11 is 0. The van der Waals surface area contributed by atoms with Crippen LogP contribution in [0.3, 0.4) is 0 Å². The van der Waals surface area contributed by atoms with E-state index in [0.717, 1.165) is 31.2 Å². The molecule has 14 heavy (non-hydrogen) atoms. The number of hydrogen-bond acceptors (Lipinski definition) is 1. The van der Waals surface area contributed by atoms with Crippen molar-refractivity contribution in [2.45, 2.75) is 70.1 Å². The second kappa shape index (κ2) is 3.80. The molecule has 0 aromatic heterocycles. The lowest BCUT2D eigenvalue weighted by atomic mass is 9.99. The molecule has 0 saturated heterocycles. The van der Waals surface area contributed by atoms with Gasteiger partial charge in [-0.15, -0.1) is 0 Å². The van der Waals surface area contributed by atoms with E-state index in [4.69, 9.17) is 0 Å². The predicted octanol–water partition coefficient (Wildman–Crippen LogP) is 4.01. The molecule has 1 nitrogen and oxygen atoms in total. The second-order valence-corrected chi connectivity index (χ2v) is 12.0. The quantitative estimate of drug-likeness (QED) is 0.600. The zero-order chi connectivity index (χ0) is 11.0. The molecule has 0 heterocycles. The van der Waals surface area contributed by atoms with Crippen molar-refractivity contribution in [2.24, 2.45) is 0 Å². The van der Waals surface area contributed by atoms with Crippen LogP contribution in [0, 0.1) is 0 Å². The molecule has 1 saturated carbocycles. The fourth-order valence-corrected chi connectivity index (χ4v) is 5.23. The molecule has 0 amide bonds. The van der Waals surface area contributed by atoms with Gasteiger partial charge in [0, 0.05) is 12.8 Å². The molecule has 0 aromatic carbocycles. The first-order valence-electron chi connectivity index (χ1n) is 5.77. The van der Waals surface area contributed by atoms with E-state index in [1.165, 1.54) is 0 Å². The maximum Gasteiger partial charge on any atom is 0.132 e. The van der Waals surface area contributed by atoms with Gasteiger partial charge in [-0.05, 0) is 23.4 Å². The summed E-state index contributed by atoms with van der Waals surface area (Å²) in [4.78, 5) is 11.2. The molecule has 1 fully saturated rings. The molecule has 0 bridgehead atoms. The van der Waals surface area contributed by atoms with Gasteiger partial charge in [0.05, 0.1) is 8.07 Å². The molecule has 1 aliphatic rings. The van der Waals surface area contributed by atoms with Crippen LogP contribution in [0.2, 0.25) is 23.7 Å². The van der Waals surface area contributed by atoms with Crippen LogP contribution in [0.5, 0.6) is 0 Å². The van der Waals surface area contributed by atoms with Crippen LogP contribution in [0.1, 0.15) is 46.5 Å². The van der Waals surface area contributed by atoms with E-state index < -0.39 is 8.07 Å². The highest BCUT2D eigenvalue weighted by Crippen LogP contribution is 2.48. The molecule has 0 unspecified atom stereocenters. The van der Waals surface area contributed by atoms with E-state index in [1.54, 1.807) is 0 Å². The van der Waals surface area contributed by atoms with Gasteiger partial charge in [0.25, 0.3) is 0 Å². The Labute approximate surface area is 89.3 Å². The third kappa shape index (κ3) is 2.27. The van der Waals surface area contributed by atoms with Gasteiger partial charge in [0.1, 0.15) is 5.78 Å². The Morgan fingerprint density at radius 1 is 1.14 bits per heavy atom. The summed E-state index contributed by atoms with van der Waals surface area (Å²) < 4.78 is 0. The Bertz CT molecular complexity index is 215. The Kier molecular flexibility index (Phi) is 3.25. The largest absolute Gasteiger partial charge is 0.300 e. The summed E-state index contributed by atoms with van der Waals surface area (Å²) in [5.74, 6) is 0.486. The van der Waals surface area contributed by atoms with Gasteiger partial charge in [-0.25, -0.2) is 0 Å². The standard InChI is InChI=1S/C12H24OSi/c1-12(2,3)14(4,5)11-8-6-10(13)7-9-11/h11H,6-9H2,1-5H3. The Balaban J connectivity index is 2.69. The molecule has 0 radical (unpaired) electrons. The normalized spacial score (nSPS) is 21.4. The van der Waals surface area contributed by atoms with E-state index in [1.807, 2.05) is 0 Å². The first kappa shape index (κ1) is 12.0. The fraction of sp³-hybridized carbons (Fsp3) is 0.917. The van der Waals surface area contributed by atoms with Crippen LogP contribution >= 0.6 is 0 Å². The van der Waals surface area contributed by atoms with Crippen molar-refractivity contribution in [1.82, 2.24) is 0 Å². The first-order chi connectivity index (χ1) is 6.25. The maximum absolute atomic E-state index is 11.2. The number of carbonyl (C=O) groups is 1. The highest BCUT2D eigenvalue weighted by molar-refractivity contribution is 6.81. The van der Waals surface area contributed by atoms with E-state index in [9.17, 15) is 4.79 Å². The van der Waals surface area contributed by atoms with E-state index >= 15 is 0 Å². The minimum Gasteiger partial charge on any atom is -0.300 e. The zero-order valence-corrected chi connectivity index (χ0v) is 11.3. The number of ketones is 1. The Morgan fingerprint density at radius 3 is 1.93 bits per heavy atom. The molecule has 0 aromatic rings. The molecule has 0 N–H and O–H groups in total. The summed E-state index contributed by atoms with van der Waals surface area (Å²) in [5, 5.41) is 0.470. The Morgan fingerprint density at radius 2 is 1.57 bits per heavy atom. The summed E-state index contributed by atoms with van der Waals surface area (Å²) in [6.07, 6.45) is 4.01. The predicted molar refractivity (Wildman–Crippen MR) is 64.4 cm³/mol. The topological polar surface area (TPSA) is 17.1 Å². The summed E-state index contributed by atoms with van der Waals surface area (Å²) in [5.41, 5.74) is 0.861. The maximum atomic E-state index is 11.2. The average Bonchev–Trinajstić information content (AvgIpc) is 2.03. The SMILES string of the molecule is CC(C)(C)[Si](C)(C)C1CCC(=O)CC1. The minimum absolute atomic E-state index is 0.470. The first-order valence-corrected chi connectivity index (χ1v) is 8.84. The van der Waals surface area contributed by atoms with Crippen molar-refractivity contribution < 1.29 is 4.79 Å². The lowest BCUT2D eigenvalue weighted by molar-refractivity contribution is -0.120. The van der Waals surface area contributed by atoms with Gasteiger partial charge < -0.3 is 0 Å². The van der Waals surface area contributed by atoms with Crippen LogP contribution in [0.15, 0.2) is 0 Å². The lowest BCUT2D eigenvalue weighted by Crippen LogP contribution is -2.43. The highest BCUT2D eigenvalue weighted by atomic mass is 28.3. The number of rotatable bonds is 1. The molecule has 0 atom stereocenters. The fourth-order valence-electron chi connectivity index (χ4n) is 2.27. The molecule has 0 aliphatic heterocycles. The van der Waals surface area contributed by atoms with E-state index in [2.05, 4.69) is 33.9 Å². The van der Waals surface area contributed by atoms with Crippen molar-refractivity contribution in [2.75, 3.05) is 0 Å². The van der Waals surface area contributed by atoms with Gasteiger partial charge in [-0.3, -0.25) is 4.79 Å². The van der Waals surface area contributed by atoms with E-state index in [-0.39, 0.29) is 0 Å². The Hall–Kier alpha value is -0.113. The van der Waals surface area contributed by atoms with Crippen molar-refractivity contribution in [3.05, 3.63) is 0 Å². The highest BCUT2D eigenvalue weighted by Gasteiger charge is 2.42. The average molecular weight is 212 g/mol. The molecular formula is C12H24OSi. The molecule has 2 heteroatoms. The van der Waals surface area contributed by atoms with Crippen LogP contribution in [0.4, 0.5) is 0 Å². The van der Waals surface area contributed by atoms with Gasteiger partial charge in [0.15, 0.2) is 0 Å². The zero-order valence-electron chi connectivity index (χ0n) is 10.3. The van der Waals surface area contributed by atoms with Crippen LogP contribution < -0.4 is 0 Å². The van der Waals surface area contributed by atoms with Crippen molar-refractivity contribution in [3.63, 3.8) is 0 Å². The summed E-state index contributed by atoms with van der Waals surface area (Å²) in [6.45, 7) is 12.1. The molecule has 82 valence electrons. The molecular weight excluding hydrogens is 188 g/mol. The number of Topliss-reactive ketones (excluding diaryl/α,β-unsaturated/α-hetero) is 1. The van der Waals surface area contributed by atoms with Gasteiger partial charge in [0.2, 0.25) is 0 Å². The van der Waals surface area contributed by atoms with Crippen molar-refractivity contribution in [3.8, 4) is 0 Å². The van der Waals surface area contributed by atoms with Gasteiger partial charge >= 0.3 is 0 Å². The molecule has 0 spiro atoms. The third-order valence-electron chi connectivity index (χ3n) is 4.50.